The standard InChI is InChI=1S/C20H28N4O.ClH/c1-20(21)12-4-3-7-17(20)19-22-18(23-25-19)15-8-10-16(11-9-15)24-13-5-2-6-14-24;/h8-11,17H,2-7,12-14,21H2,1H3;1H. The summed E-state index contributed by atoms with van der Waals surface area (Å²) in [5, 5.41) is 4.21. The van der Waals surface area contributed by atoms with Crippen LogP contribution in [0.25, 0.3) is 11.4 Å². The molecule has 5 nitrogen and oxygen atoms in total. The molecule has 26 heavy (non-hydrogen) atoms. The second-order valence-corrected chi connectivity index (χ2v) is 7.85. The third kappa shape index (κ3) is 3.89. The maximum atomic E-state index is 6.47. The van der Waals surface area contributed by atoms with Crippen molar-refractivity contribution in [1.82, 2.24) is 10.1 Å². The van der Waals surface area contributed by atoms with E-state index in [1.807, 2.05) is 0 Å². The average molecular weight is 377 g/mol. The number of anilines is 1. The lowest BCUT2D eigenvalue weighted by Gasteiger charge is -2.35. The van der Waals surface area contributed by atoms with E-state index in [0.717, 1.165) is 31.5 Å². The highest BCUT2D eigenvalue weighted by Gasteiger charge is 2.37. The first kappa shape index (κ1) is 19.2. The second-order valence-electron chi connectivity index (χ2n) is 7.85. The Kier molecular flexibility index (Phi) is 5.88. The fraction of sp³-hybridized carbons (Fsp3) is 0.600. The Morgan fingerprint density at radius 3 is 2.50 bits per heavy atom. The summed E-state index contributed by atoms with van der Waals surface area (Å²) in [6.45, 7) is 4.42. The zero-order valence-electron chi connectivity index (χ0n) is 15.5. The third-order valence-electron chi connectivity index (χ3n) is 5.84. The zero-order chi connectivity index (χ0) is 17.3. The minimum absolute atomic E-state index is 0. The molecule has 0 spiro atoms. The molecule has 6 heteroatoms. The molecule has 1 saturated carbocycles. The van der Waals surface area contributed by atoms with Crippen molar-refractivity contribution in [3.63, 3.8) is 0 Å². The number of benzene rings is 1. The first-order valence-corrected chi connectivity index (χ1v) is 9.61. The van der Waals surface area contributed by atoms with Crippen LogP contribution in [-0.4, -0.2) is 28.8 Å². The van der Waals surface area contributed by atoms with Crippen molar-refractivity contribution in [2.24, 2.45) is 5.73 Å². The third-order valence-corrected chi connectivity index (χ3v) is 5.84. The predicted molar refractivity (Wildman–Crippen MR) is 107 cm³/mol. The molecule has 0 amide bonds. The van der Waals surface area contributed by atoms with E-state index >= 15 is 0 Å². The van der Waals surface area contributed by atoms with Gasteiger partial charge in [0.15, 0.2) is 0 Å². The molecular formula is C20H29ClN4O. The number of rotatable bonds is 3. The Morgan fingerprint density at radius 2 is 1.81 bits per heavy atom. The van der Waals surface area contributed by atoms with Gasteiger partial charge < -0.3 is 15.2 Å². The van der Waals surface area contributed by atoms with E-state index in [1.54, 1.807) is 0 Å². The van der Waals surface area contributed by atoms with Crippen LogP contribution in [-0.2, 0) is 0 Å². The van der Waals surface area contributed by atoms with Crippen molar-refractivity contribution in [3.05, 3.63) is 30.2 Å². The van der Waals surface area contributed by atoms with Crippen molar-refractivity contribution in [2.75, 3.05) is 18.0 Å². The molecule has 2 heterocycles. The minimum atomic E-state index is -0.250. The lowest BCUT2D eigenvalue weighted by Crippen LogP contribution is -2.44. The van der Waals surface area contributed by atoms with Crippen LogP contribution in [0, 0.1) is 0 Å². The van der Waals surface area contributed by atoms with Crippen LogP contribution < -0.4 is 10.6 Å². The number of hydrogen-bond donors (Lipinski definition) is 1. The van der Waals surface area contributed by atoms with Gasteiger partial charge in [-0.3, -0.25) is 0 Å². The van der Waals surface area contributed by atoms with Gasteiger partial charge in [0.25, 0.3) is 0 Å². The van der Waals surface area contributed by atoms with Crippen molar-refractivity contribution in [1.29, 1.82) is 0 Å². The molecule has 1 aromatic heterocycles. The summed E-state index contributed by atoms with van der Waals surface area (Å²) in [6.07, 6.45) is 8.33. The SMILES string of the molecule is CC1(N)CCCCC1c1nc(-c2ccc(N3CCCCC3)cc2)no1.Cl. The molecule has 4 rings (SSSR count). The molecule has 0 radical (unpaired) electrons. The van der Waals surface area contributed by atoms with Gasteiger partial charge in [-0.15, -0.1) is 12.4 Å². The van der Waals surface area contributed by atoms with Crippen LogP contribution in [0.3, 0.4) is 0 Å². The average Bonchev–Trinajstić information content (AvgIpc) is 3.12. The molecule has 142 valence electrons. The topological polar surface area (TPSA) is 68.2 Å². The van der Waals surface area contributed by atoms with Crippen LogP contribution in [0.5, 0.6) is 0 Å². The van der Waals surface area contributed by atoms with Gasteiger partial charge in [0.05, 0.1) is 5.92 Å². The fourth-order valence-electron chi connectivity index (χ4n) is 4.23. The highest BCUT2D eigenvalue weighted by atomic mass is 35.5. The number of halogens is 1. The Balaban J connectivity index is 0.00000196. The Bertz CT molecular complexity index is 707. The summed E-state index contributed by atoms with van der Waals surface area (Å²) in [6, 6.07) is 8.54. The smallest absolute Gasteiger partial charge is 0.231 e. The van der Waals surface area contributed by atoms with Gasteiger partial charge in [-0.2, -0.15) is 4.98 Å². The van der Waals surface area contributed by atoms with E-state index in [9.17, 15) is 0 Å². The maximum Gasteiger partial charge on any atom is 0.231 e. The summed E-state index contributed by atoms with van der Waals surface area (Å²) < 4.78 is 5.59. The Hall–Kier alpha value is -1.59. The summed E-state index contributed by atoms with van der Waals surface area (Å²) >= 11 is 0. The van der Waals surface area contributed by atoms with Gasteiger partial charge in [0.1, 0.15) is 0 Å². The molecular weight excluding hydrogens is 348 g/mol. The molecule has 1 aromatic carbocycles. The lowest BCUT2D eigenvalue weighted by molar-refractivity contribution is 0.223. The summed E-state index contributed by atoms with van der Waals surface area (Å²) in [4.78, 5) is 7.13. The minimum Gasteiger partial charge on any atom is -0.372 e. The van der Waals surface area contributed by atoms with Crippen LogP contribution in [0.2, 0.25) is 0 Å². The molecule has 2 unspecified atom stereocenters. The van der Waals surface area contributed by atoms with Gasteiger partial charge in [-0.25, -0.2) is 0 Å². The van der Waals surface area contributed by atoms with E-state index in [2.05, 4.69) is 46.2 Å². The number of nitrogens with two attached hydrogens (primary N) is 1. The maximum absolute atomic E-state index is 6.47. The van der Waals surface area contributed by atoms with E-state index in [-0.39, 0.29) is 23.9 Å². The van der Waals surface area contributed by atoms with Crippen molar-refractivity contribution < 1.29 is 4.52 Å². The van der Waals surface area contributed by atoms with Crippen molar-refractivity contribution in [3.8, 4) is 11.4 Å². The van der Waals surface area contributed by atoms with Gasteiger partial charge in [-0.05, 0) is 63.3 Å². The molecule has 2 aromatic rings. The van der Waals surface area contributed by atoms with E-state index in [0.29, 0.717) is 11.7 Å². The quantitative estimate of drug-likeness (QED) is 0.852. The number of piperidine rings is 1. The Labute approximate surface area is 161 Å². The summed E-state index contributed by atoms with van der Waals surface area (Å²) in [5.74, 6) is 1.52. The zero-order valence-corrected chi connectivity index (χ0v) is 16.3. The number of aromatic nitrogens is 2. The normalized spacial score (nSPS) is 26.4. The van der Waals surface area contributed by atoms with Crippen molar-refractivity contribution in [2.45, 2.75) is 63.3 Å². The van der Waals surface area contributed by atoms with Gasteiger partial charge >= 0.3 is 0 Å². The van der Waals surface area contributed by atoms with Crippen molar-refractivity contribution >= 4 is 18.1 Å². The van der Waals surface area contributed by atoms with Crippen LogP contribution in [0.15, 0.2) is 28.8 Å². The lowest BCUT2D eigenvalue weighted by atomic mass is 9.74. The first-order valence-electron chi connectivity index (χ1n) is 9.61. The van der Waals surface area contributed by atoms with E-state index < -0.39 is 0 Å². The molecule has 2 aliphatic rings. The molecule has 2 atom stereocenters. The van der Waals surface area contributed by atoms with Crippen LogP contribution >= 0.6 is 12.4 Å². The highest BCUT2D eigenvalue weighted by molar-refractivity contribution is 5.85. The highest BCUT2D eigenvalue weighted by Crippen LogP contribution is 2.38. The first-order chi connectivity index (χ1) is 12.1. The molecule has 2 N–H and O–H groups in total. The second kappa shape index (κ2) is 7.97. The van der Waals surface area contributed by atoms with Crippen LogP contribution in [0.4, 0.5) is 5.69 Å². The van der Waals surface area contributed by atoms with Gasteiger partial charge in [-0.1, -0.05) is 18.0 Å². The molecule has 1 aliphatic heterocycles. The predicted octanol–water partition coefficient (Wildman–Crippen LogP) is 4.52. The summed E-state index contributed by atoms with van der Waals surface area (Å²) in [5.41, 5.74) is 8.51. The van der Waals surface area contributed by atoms with Gasteiger partial charge in [0.2, 0.25) is 11.7 Å². The van der Waals surface area contributed by atoms with Crippen LogP contribution in [0.1, 0.15) is 63.7 Å². The van der Waals surface area contributed by atoms with E-state index in [1.165, 1.54) is 37.8 Å². The molecule has 1 saturated heterocycles. The molecule has 0 bridgehead atoms. The fourth-order valence-corrected chi connectivity index (χ4v) is 4.23. The molecule has 2 fully saturated rings. The molecule has 1 aliphatic carbocycles. The Morgan fingerprint density at radius 1 is 1.08 bits per heavy atom. The number of hydrogen-bond acceptors (Lipinski definition) is 5. The number of nitrogens with zero attached hydrogens (tertiary/aromatic N) is 3. The summed E-state index contributed by atoms with van der Waals surface area (Å²) in [7, 11) is 0. The monoisotopic (exact) mass is 376 g/mol. The largest absolute Gasteiger partial charge is 0.372 e. The van der Waals surface area contributed by atoms with E-state index in [4.69, 9.17) is 10.3 Å². The van der Waals surface area contributed by atoms with Gasteiger partial charge in [0, 0.05) is 29.9 Å².